The van der Waals surface area contributed by atoms with Gasteiger partial charge >= 0.3 is 6.18 Å². The molecule has 0 unspecified atom stereocenters. The lowest BCUT2D eigenvalue weighted by molar-refractivity contribution is -0.137. The van der Waals surface area contributed by atoms with Crippen molar-refractivity contribution in [1.29, 1.82) is 0 Å². The number of halogens is 3. The summed E-state index contributed by atoms with van der Waals surface area (Å²) in [5, 5.41) is 7.61. The Morgan fingerprint density at radius 3 is 2.48 bits per heavy atom. The van der Waals surface area contributed by atoms with E-state index < -0.39 is 11.7 Å². The van der Waals surface area contributed by atoms with E-state index in [4.69, 9.17) is 0 Å². The van der Waals surface area contributed by atoms with Crippen LogP contribution in [0.2, 0.25) is 0 Å². The molecule has 0 radical (unpaired) electrons. The lowest BCUT2D eigenvalue weighted by Gasteiger charge is -2.07. The molecule has 0 fully saturated rings. The van der Waals surface area contributed by atoms with Crippen LogP contribution in [0.15, 0.2) is 41.8 Å². The zero-order valence-corrected chi connectivity index (χ0v) is 16.8. The number of aromatic nitrogens is 1. The van der Waals surface area contributed by atoms with Gasteiger partial charge in [0.15, 0.2) is 5.13 Å². The third kappa shape index (κ3) is 5.88. The average molecular weight is 439 g/mol. The van der Waals surface area contributed by atoms with Crippen molar-refractivity contribution in [2.45, 2.75) is 26.1 Å². The maximum Gasteiger partial charge on any atom is 0.416 e. The summed E-state index contributed by atoms with van der Waals surface area (Å²) >= 11 is 2.75. The molecule has 3 rings (SSSR count). The molecule has 0 bridgehead atoms. The maximum atomic E-state index is 12.6. The highest BCUT2D eigenvalue weighted by atomic mass is 32.1. The standard InChI is InChI=1S/C19H16F3N3O2S2/c1-11(26)23-9-14-6-7-16(29-14)15-10-28-18(24-15)25-17(27)8-12-2-4-13(5-3-12)19(20,21)22/h2-7,10H,8-9H2,1H3,(H,23,26)(H,24,25,27). The number of hydrogen-bond acceptors (Lipinski definition) is 5. The van der Waals surface area contributed by atoms with Crippen molar-refractivity contribution in [3.63, 3.8) is 0 Å². The van der Waals surface area contributed by atoms with Crippen LogP contribution in [-0.4, -0.2) is 16.8 Å². The van der Waals surface area contributed by atoms with E-state index in [1.165, 1.54) is 41.7 Å². The van der Waals surface area contributed by atoms with Crippen molar-refractivity contribution >= 4 is 39.6 Å². The Bertz CT molecular complexity index is 1010. The Hall–Kier alpha value is -2.72. The summed E-state index contributed by atoms with van der Waals surface area (Å²) in [6.07, 6.45) is -4.45. The summed E-state index contributed by atoms with van der Waals surface area (Å²) in [5.41, 5.74) is 0.437. The van der Waals surface area contributed by atoms with E-state index in [9.17, 15) is 22.8 Å². The largest absolute Gasteiger partial charge is 0.416 e. The summed E-state index contributed by atoms with van der Waals surface area (Å²) in [5.74, 6) is -0.463. The van der Waals surface area contributed by atoms with Gasteiger partial charge in [-0.05, 0) is 29.8 Å². The Labute approximate surface area is 172 Å². The molecule has 0 saturated heterocycles. The smallest absolute Gasteiger partial charge is 0.351 e. The second-order valence-electron chi connectivity index (χ2n) is 6.13. The fourth-order valence-electron chi connectivity index (χ4n) is 2.43. The average Bonchev–Trinajstić information content (AvgIpc) is 3.28. The number of anilines is 1. The fourth-order valence-corrected chi connectivity index (χ4v) is 4.14. The van der Waals surface area contributed by atoms with Gasteiger partial charge in [-0.1, -0.05) is 12.1 Å². The minimum absolute atomic E-state index is 0.0487. The predicted molar refractivity (Wildman–Crippen MR) is 107 cm³/mol. The van der Waals surface area contributed by atoms with E-state index in [0.29, 0.717) is 22.9 Å². The molecule has 152 valence electrons. The van der Waals surface area contributed by atoms with E-state index >= 15 is 0 Å². The minimum atomic E-state index is -4.40. The second kappa shape index (κ2) is 8.75. The molecule has 2 aromatic heterocycles. The van der Waals surface area contributed by atoms with Gasteiger partial charge in [0.1, 0.15) is 0 Å². The first kappa shape index (κ1) is 21.0. The van der Waals surface area contributed by atoms with Crippen molar-refractivity contribution in [1.82, 2.24) is 10.3 Å². The van der Waals surface area contributed by atoms with Crippen LogP contribution >= 0.6 is 22.7 Å². The molecule has 0 aliphatic carbocycles. The highest BCUT2D eigenvalue weighted by molar-refractivity contribution is 7.17. The van der Waals surface area contributed by atoms with E-state index in [0.717, 1.165) is 21.9 Å². The summed E-state index contributed by atoms with van der Waals surface area (Å²) < 4.78 is 37.8. The van der Waals surface area contributed by atoms with E-state index in [2.05, 4.69) is 15.6 Å². The monoisotopic (exact) mass is 439 g/mol. The molecule has 5 nitrogen and oxygen atoms in total. The number of thiazole rings is 1. The zero-order valence-electron chi connectivity index (χ0n) is 15.2. The van der Waals surface area contributed by atoms with Crippen molar-refractivity contribution in [3.8, 4) is 10.6 Å². The highest BCUT2D eigenvalue weighted by Gasteiger charge is 2.30. The van der Waals surface area contributed by atoms with Gasteiger partial charge in [-0.3, -0.25) is 9.59 Å². The predicted octanol–water partition coefficient (Wildman–Crippen LogP) is 4.71. The number of nitrogens with zero attached hydrogens (tertiary/aromatic N) is 1. The number of nitrogens with one attached hydrogen (secondary N) is 2. The van der Waals surface area contributed by atoms with Crippen LogP contribution in [0.3, 0.4) is 0 Å². The highest BCUT2D eigenvalue weighted by Crippen LogP contribution is 2.31. The molecule has 2 heterocycles. The van der Waals surface area contributed by atoms with Crippen molar-refractivity contribution < 1.29 is 22.8 Å². The van der Waals surface area contributed by atoms with Crippen LogP contribution in [0.5, 0.6) is 0 Å². The molecule has 29 heavy (non-hydrogen) atoms. The fraction of sp³-hybridized carbons (Fsp3) is 0.211. The molecular formula is C19H16F3N3O2S2. The van der Waals surface area contributed by atoms with Crippen LogP contribution in [-0.2, 0) is 28.7 Å². The topological polar surface area (TPSA) is 71.1 Å². The Balaban J connectivity index is 1.58. The molecule has 0 aliphatic heterocycles. The molecule has 0 aliphatic rings. The molecule has 0 saturated carbocycles. The summed E-state index contributed by atoms with van der Waals surface area (Å²) in [6.45, 7) is 1.90. The Morgan fingerprint density at radius 1 is 1.10 bits per heavy atom. The van der Waals surface area contributed by atoms with Crippen molar-refractivity contribution in [2.75, 3.05) is 5.32 Å². The SMILES string of the molecule is CC(=O)NCc1ccc(-c2csc(NC(=O)Cc3ccc(C(F)(F)F)cc3)n2)s1. The first-order chi connectivity index (χ1) is 13.7. The number of rotatable bonds is 6. The van der Waals surface area contributed by atoms with Crippen molar-refractivity contribution in [2.24, 2.45) is 0 Å². The number of thiophene rings is 1. The first-order valence-corrected chi connectivity index (χ1v) is 10.2. The van der Waals surface area contributed by atoms with Crippen LogP contribution in [0.4, 0.5) is 18.3 Å². The summed E-state index contributed by atoms with van der Waals surface area (Å²) in [7, 11) is 0. The van der Waals surface area contributed by atoms with Gasteiger partial charge in [-0.25, -0.2) is 4.98 Å². The Kier molecular flexibility index (Phi) is 6.33. The zero-order chi connectivity index (χ0) is 21.0. The normalized spacial score (nSPS) is 11.3. The molecule has 10 heteroatoms. The summed E-state index contributed by atoms with van der Waals surface area (Å²) in [6, 6.07) is 8.29. The molecule has 0 spiro atoms. The number of amides is 2. The molecule has 1 aromatic carbocycles. The number of benzene rings is 1. The van der Waals surface area contributed by atoms with E-state index in [1.807, 2.05) is 17.5 Å². The molecule has 2 N–H and O–H groups in total. The third-order valence-electron chi connectivity index (χ3n) is 3.82. The molecule has 0 atom stereocenters. The van der Waals surface area contributed by atoms with E-state index in [-0.39, 0.29) is 18.2 Å². The quantitative estimate of drug-likeness (QED) is 0.585. The molecule has 3 aromatic rings. The van der Waals surface area contributed by atoms with Gasteiger partial charge in [-0.15, -0.1) is 22.7 Å². The van der Waals surface area contributed by atoms with Crippen LogP contribution in [0.25, 0.3) is 10.6 Å². The van der Waals surface area contributed by atoms with Gasteiger partial charge < -0.3 is 10.6 Å². The number of carbonyl (C=O) groups excluding carboxylic acids is 2. The van der Waals surface area contributed by atoms with Crippen LogP contribution in [0.1, 0.15) is 22.9 Å². The van der Waals surface area contributed by atoms with Gasteiger partial charge in [-0.2, -0.15) is 13.2 Å². The van der Waals surface area contributed by atoms with Crippen LogP contribution in [0, 0.1) is 0 Å². The van der Waals surface area contributed by atoms with Gasteiger partial charge in [0.25, 0.3) is 0 Å². The second-order valence-corrected chi connectivity index (χ2v) is 8.16. The lowest BCUT2D eigenvalue weighted by atomic mass is 10.1. The number of hydrogen-bond donors (Lipinski definition) is 2. The van der Waals surface area contributed by atoms with Gasteiger partial charge in [0, 0.05) is 17.2 Å². The molecule has 2 amide bonds. The summed E-state index contributed by atoms with van der Waals surface area (Å²) in [4.78, 5) is 29.4. The molecular weight excluding hydrogens is 423 g/mol. The van der Waals surface area contributed by atoms with E-state index in [1.54, 1.807) is 0 Å². The van der Waals surface area contributed by atoms with Gasteiger partial charge in [0.2, 0.25) is 11.8 Å². The lowest BCUT2D eigenvalue weighted by Crippen LogP contribution is -2.17. The first-order valence-electron chi connectivity index (χ1n) is 8.46. The Morgan fingerprint density at radius 2 is 1.83 bits per heavy atom. The minimum Gasteiger partial charge on any atom is -0.351 e. The van der Waals surface area contributed by atoms with Crippen LogP contribution < -0.4 is 10.6 Å². The number of carbonyl (C=O) groups is 2. The third-order valence-corrected chi connectivity index (χ3v) is 5.69. The van der Waals surface area contributed by atoms with Crippen molar-refractivity contribution in [3.05, 3.63) is 57.8 Å². The number of alkyl halides is 3. The van der Waals surface area contributed by atoms with Gasteiger partial charge in [0.05, 0.1) is 29.1 Å². The maximum absolute atomic E-state index is 12.6.